The van der Waals surface area contributed by atoms with Crippen LogP contribution in [0.5, 0.6) is 5.75 Å². The van der Waals surface area contributed by atoms with Gasteiger partial charge in [0.1, 0.15) is 23.4 Å². The third-order valence-electron chi connectivity index (χ3n) is 6.47. The Hall–Kier alpha value is -3.57. The minimum Gasteiger partial charge on any atom is -0.515 e. The topological polar surface area (TPSA) is 101 Å². The molecule has 0 saturated carbocycles. The van der Waals surface area contributed by atoms with E-state index in [2.05, 4.69) is 10.7 Å². The molecular formula is C25H28F3N5O3. The molecule has 0 aliphatic carbocycles. The normalized spacial score (nSPS) is 23.2. The van der Waals surface area contributed by atoms with E-state index >= 15 is 0 Å². The van der Waals surface area contributed by atoms with Gasteiger partial charge in [0.05, 0.1) is 37.1 Å². The number of piperidine rings is 1. The minimum absolute atomic E-state index is 0.0753. The lowest BCUT2D eigenvalue weighted by Crippen LogP contribution is -2.60. The summed E-state index contributed by atoms with van der Waals surface area (Å²) in [6.45, 7) is 0.216. The first kappa shape index (κ1) is 25.5. The highest BCUT2D eigenvalue weighted by Crippen LogP contribution is 2.37. The number of rotatable bonds is 6. The number of hydrazine groups is 1. The molecular weight excluding hydrogens is 475 g/mol. The van der Waals surface area contributed by atoms with E-state index in [1.807, 2.05) is 0 Å². The van der Waals surface area contributed by atoms with E-state index in [4.69, 9.17) is 10.1 Å². The number of likely N-dealkylation sites (tertiary alicyclic amines) is 1. The molecule has 36 heavy (non-hydrogen) atoms. The number of methoxy groups -OCH3 is 1. The monoisotopic (exact) mass is 503 g/mol. The van der Waals surface area contributed by atoms with Crippen LogP contribution in [0.3, 0.4) is 0 Å². The molecule has 0 spiro atoms. The molecule has 1 amide bonds. The molecule has 2 aliphatic rings. The van der Waals surface area contributed by atoms with Crippen molar-refractivity contribution in [3.8, 4) is 5.75 Å². The number of amides is 1. The van der Waals surface area contributed by atoms with Gasteiger partial charge < -0.3 is 20.1 Å². The van der Waals surface area contributed by atoms with Crippen molar-refractivity contribution in [3.05, 3.63) is 76.8 Å². The molecule has 192 valence electrons. The second-order valence-electron chi connectivity index (χ2n) is 8.94. The summed E-state index contributed by atoms with van der Waals surface area (Å²) >= 11 is 0. The van der Waals surface area contributed by atoms with Crippen molar-refractivity contribution in [3.63, 3.8) is 0 Å². The predicted molar refractivity (Wildman–Crippen MR) is 128 cm³/mol. The number of aliphatic hydroxyl groups is 1. The van der Waals surface area contributed by atoms with Gasteiger partial charge in [-0.05, 0) is 42.8 Å². The van der Waals surface area contributed by atoms with E-state index in [0.29, 0.717) is 12.1 Å². The minimum atomic E-state index is -3.03. The number of carbonyl (C=O) groups excluding carboxylic acids is 1. The van der Waals surface area contributed by atoms with Crippen LogP contribution in [0, 0.1) is 11.2 Å². The number of alkyl halides is 2. The molecule has 2 heterocycles. The Kier molecular flexibility index (Phi) is 7.23. The van der Waals surface area contributed by atoms with Gasteiger partial charge in [0.2, 0.25) is 0 Å². The number of ether oxygens (including phenoxy) is 1. The molecule has 11 heteroatoms. The van der Waals surface area contributed by atoms with Crippen LogP contribution in [0.1, 0.15) is 33.9 Å². The van der Waals surface area contributed by atoms with Crippen LogP contribution in [-0.2, 0) is 6.54 Å². The highest BCUT2D eigenvalue weighted by atomic mass is 19.3. The summed E-state index contributed by atoms with van der Waals surface area (Å²) in [5, 5.41) is 22.0. The fourth-order valence-corrected chi connectivity index (χ4v) is 4.56. The molecule has 2 aliphatic heterocycles. The number of hydrogen-bond acceptors (Lipinski definition) is 6. The zero-order valence-corrected chi connectivity index (χ0v) is 19.9. The second kappa shape index (κ2) is 10.2. The lowest BCUT2D eigenvalue weighted by molar-refractivity contribution is -0.115. The largest absolute Gasteiger partial charge is 0.515 e. The molecule has 2 aromatic carbocycles. The molecule has 0 aromatic heterocycles. The molecule has 2 unspecified atom stereocenters. The zero-order valence-electron chi connectivity index (χ0n) is 19.9. The van der Waals surface area contributed by atoms with Crippen LogP contribution in [0.2, 0.25) is 0 Å². The van der Waals surface area contributed by atoms with Crippen LogP contribution >= 0.6 is 0 Å². The van der Waals surface area contributed by atoms with Crippen molar-refractivity contribution in [1.82, 2.24) is 20.7 Å². The van der Waals surface area contributed by atoms with Crippen LogP contribution in [0.15, 0.2) is 54.3 Å². The lowest BCUT2D eigenvalue weighted by atomic mass is 9.98. The summed E-state index contributed by atoms with van der Waals surface area (Å²) in [7, 11) is 3.02. The Morgan fingerprint density at radius 1 is 1.31 bits per heavy atom. The van der Waals surface area contributed by atoms with E-state index in [1.165, 1.54) is 19.2 Å². The molecule has 4 N–H and O–H groups in total. The van der Waals surface area contributed by atoms with Gasteiger partial charge in [-0.2, -0.15) is 0 Å². The molecule has 4 rings (SSSR count). The quantitative estimate of drug-likeness (QED) is 0.451. The van der Waals surface area contributed by atoms with Crippen molar-refractivity contribution < 1.29 is 27.8 Å². The number of amidine groups is 1. The molecule has 2 aromatic rings. The van der Waals surface area contributed by atoms with Gasteiger partial charge in [-0.1, -0.05) is 24.3 Å². The Bertz CT molecular complexity index is 1170. The summed E-state index contributed by atoms with van der Waals surface area (Å²) in [6, 6.07) is 8.73. The maximum atomic E-state index is 14.7. The summed E-state index contributed by atoms with van der Waals surface area (Å²) in [5.41, 5.74) is 4.62. The van der Waals surface area contributed by atoms with Crippen molar-refractivity contribution in [2.45, 2.75) is 31.0 Å². The highest BCUT2D eigenvalue weighted by Gasteiger charge is 2.51. The van der Waals surface area contributed by atoms with Crippen LogP contribution < -0.4 is 15.5 Å². The molecule has 2 atom stereocenters. The summed E-state index contributed by atoms with van der Waals surface area (Å²) in [4.78, 5) is 14.1. The van der Waals surface area contributed by atoms with E-state index in [1.54, 1.807) is 36.2 Å². The average Bonchev–Trinajstić information content (AvgIpc) is 3.17. The maximum absolute atomic E-state index is 14.7. The summed E-state index contributed by atoms with van der Waals surface area (Å²) in [6.07, 6.45) is 0.937. The first-order chi connectivity index (χ1) is 17.1. The van der Waals surface area contributed by atoms with Gasteiger partial charge in [0.15, 0.2) is 0 Å². The van der Waals surface area contributed by atoms with Crippen molar-refractivity contribution in [1.29, 1.82) is 5.41 Å². The SMILES string of the molecule is COc1ccc(F)cc1C(=O)NCc1ccc(C2NN(C3CCN(C)CC3(F)F)C(=N)C2=CO)cc1. The fraction of sp³-hybridized carbons (Fsp3) is 0.360. The van der Waals surface area contributed by atoms with Gasteiger partial charge in [-0.15, -0.1) is 0 Å². The zero-order chi connectivity index (χ0) is 26.0. The van der Waals surface area contributed by atoms with Gasteiger partial charge >= 0.3 is 0 Å². The van der Waals surface area contributed by atoms with Gasteiger partial charge in [0, 0.05) is 13.1 Å². The number of benzene rings is 2. The lowest BCUT2D eigenvalue weighted by Gasteiger charge is -2.41. The fourth-order valence-electron chi connectivity index (χ4n) is 4.56. The van der Waals surface area contributed by atoms with E-state index in [0.717, 1.165) is 22.9 Å². The van der Waals surface area contributed by atoms with Crippen molar-refractivity contribution in [2.75, 3.05) is 27.2 Å². The van der Waals surface area contributed by atoms with E-state index in [9.17, 15) is 23.1 Å². The van der Waals surface area contributed by atoms with E-state index in [-0.39, 0.29) is 35.7 Å². The molecule has 8 nitrogen and oxygen atoms in total. The highest BCUT2D eigenvalue weighted by molar-refractivity contribution is 5.99. The standard InChI is InChI=1S/C25H28F3N5O3/c1-32-10-9-21(25(27,28)14-32)33-23(29)19(13-34)22(31-33)16-5-3-15(4-6-16)12-30-24(35)18-11-17(26)7-8-20(18)36-2/h3-8,11,13,21-22,29,31,34H,9-10,12,14H2,1-2H3,(H,30,35). The second-order valence-corrected chi connectivity index (χ2v) is 8.94. The number of halogens is 3. The van der Waals surface area contributed by atoms with Crippen LogP contribution in [-0.4, -0.2) is 66.0 Å². The van der Waals surface area contributed by atoms with Crippen molar-refractivity contribution in [2.24, 2.45) is 0 Å². The van der Waals surface area contributed by atoms with Crippen LogP contribution in [0.4, 0.5) is 13.2 Å². The Balaban J connectivity index is 1.45. The average molecular weight is 504 g/mol. The number of hydrogen-bond donors (Lipinski definition) is 4. The third-order valence-corrected chi connectivity index (χ3v) is 6.47. The van der Waals surface area contributed by atoms with Gasteiger partial charge in [0.25, 0.3) is 11.8 Å². The van der Waals surface area contributed by atoms with Crippen LogP contribution in [0.25, 0.3) is 0 Å². The number of aliphatic hydroxyl groups excluding tert-OH is 1. The van der Waals surface area contributed by atoms with E-state index < -0.39 is 36.3 Å². The predicted octanol–water partition coefficient (Wildman–Crippen LogP) is 3.38. The summed E-state index contributed by atoms with van der Waals surface area (Å²) < 4.78 is 48.2. The number of nitrogens with one attached hydrogen (secondary N) is 3. The Morgan fingerprint density at radius 2 is 2.03 bits per heavy atom. The summed E-state index contributed by atoms with van der Waals surface area (Å²) in [5.74, 6) is -4.03. The molecule has 0 bridgehead atoms. The maximum Gasteiger partial charge on any atom is 0.282 e. The van der Waals surface area contributed by atoms with Crippen molar-refractivity contribution >= 4 is 11.7 Å². The Morgan fingerprint density at radius 3 is 2.67 bits per heavy atom. The number of nitrogens with zero attached hydrogens (tertiary/aromatic N) is 2. The molecule has 2 fully saturated rings. The van der Waals surface area contributed by atoms with Gasteiger partial charge in [-0.3, -0.25) is 15.2 Å². The smallest absolute Gasteiger partial charge is 0.282 e. The number of carbonyl (C=O) groups is 1. The van der Waals surface area contributed by atoms with Gasteiger partial charge in [-0.25, -0.2) is 18.6 Å². The molecule has 0 radical (unpaired) electrons. The first-order valence-corrected chi connectivity index (χ1v) is 11.4. The first-order valence-electron chi connectivity index (χ1n) is 11.4. The Labute approximate surface area is 206 Å². The third kappa shape index (κ3) is 5.02. The molecule has 2 saturated heterocycles.